The third-order valence-electron chi connectivity index (χ3n) is 4.93. The summed E-state index contributed by atoms with van der Waals surface area (Å²) in [6.07, 6.45) is 9.75. The summed E-state index contributed by atoms with van der Waals surface area (Å²) < 4.78 is 17.2. The quantitative estimate of drug-likeness (QED) is 0.864. The van der Waals surface area contributed by atoms with E-state index in [-0.39, 0.29) is 24.4 Å². The van der Waals surface area contributed by atoms with E-state index < -0.39 is 0 Å². The SMILES string of the molecule is O=C(COC1CCC2(CC1)OCCO2)NC1CCCCC1. The fraction of sp³-hybridized carbons (Fsp3) is 0.938. The van der Waals surface area contributed by atoms with Gasteiger partial charge < -0.3 is 19.5 Å². The third-order valence-corrected chi connectivity index (χ3v) is 4.93. The summed E-state index contributed by atoms with van der Waals surface area (Å²) >= 11 is 0. The van der Waals surface area contributed by atoms with Crippen molar-refractivity contribution in [1.82, 2.24) is 5.32 Å². The van der Waals surface area contributed by atoms with Gasteiger partial charge in [0.05, 0.1) is 19.3 Å². The first-order chi connectivity index (χ1) is 10.3. The van der Waals surface area contributed by atoms with Crippen LogP contribution in [0.4, 0.5) is 0 Å². The number of nitrogens with one attached hydrogen (secondary N) is 1. The van der Waals surface area contributed by atoms with Crippen molar-refractivity contribution in [2.75, 3.05) is 19.8 Å². The summed E-state index contributed by atoms with van der Waals surface area (Å²) in [4.78, 5) is 11.9. The molecule has 2 aliphatic carbocycles. The molecule has 0 radical (unpaired) electrons. The van der Waals surface area contributed by atoms with Crippen LogP contribution in [0.2, 0.25) is 0 Å². The van der Waals surface area contributed by atoms with Crippen LogP contribution < -0.4 is 5.32 Å². The molecule has 1 heterocycles. The molecule has 0 aromatic rings. The van der Waals surface area contributed by atoms with Crippen molar-refractivity contribution in [3.63, 3.8) is 0 Å². The van der Waals surface area contributed by atoms with Crippen LogP contribution in [-0.4, -0.2) is 43.7 Å². The van der Waals surface area contributed by atoms with Gasteiger partial charge in [0, 0.05) is 18.9 Å². The zero-order valence-corrected chi connectivity index (χ0v) is 12.8. The van der Waals surface area contributed by atoms with Crippen molar-refractivity contribution in [3.8, 4) is 0 Å². The van der Waals surface area contributed by atoms with Crippen molar-refractivity contribution in [1.29, 1.82) is 0 Å². The molecular formula is C16H27NO4. The second-order valence-corrected chi connectivity index (χ2v) is 6.52. The van der Waals surface area contributed by atoms with Crippen molar-refractivity contribution >= 4 is 5.91 Å². The molecule has 21 heavy (non-hydrogen) atoms. The van der Waals surface area contributed by atoms with E-state index in [1.165, 1.54) is 19.3 Å². The number of rotatable bonds is 4. The molecule has 1 N–H and O–H groups in total. The molecule has 1 amide bonds. The molecule has 120 valence electrons. The van der Waals surface area contributed by atoms with Gasteiger partial charge >= 0.3 is 0 Å². The van der Waals surface area contributed by atoms with E-state index in [0.29, 0.717) is 19.3 Å². The molecule has 3 rings (SSSR count). The third kappa shape index (κ3) is 4.18. The topological polar surface area (TPSA) is 56.8 Å². The van der Waals surface area contributed by atoms with E-state index in [1.807, 2.05) is 0 Å². The highest BCUT2D eigenvalue weighted by Crippen LogP contribution is 2.36. The summed E-state index contributed by atoms with van der Waals surface area (Å²) in [5.74, 6) is -0.305. The minimum absolute atomic E-state index is 0.0375. The van der Waals surface area contributed by atoms with Gasteiger partial charge in [-0.05, 0) is 25.7 Å². The Balaban J connectivity index is 1.33. The Hall–Kier alpha value is -0.650. The van der Waals surface area contributed by atoms with Crippen molar-refractivity contribution < 1.29 is 19.0 Å². The minimum Gasteiger partial charge on any atom is -0.368 e. The summed E-state index contributed by atoms with van der Waals surface area (Å²) in [5.41, 5.74) is 0. The average molecular weight is 297 g/mol. The van der Waals surface area contributed by atoms with Gasteiger partial charge in [0.15, 0.2) is 5.79 Å². The molecule has 2 saturated carbocycles. The molecule has 0 atom stereocenters. The van der Waals surface area contributed by atoms with Crippen LogP contribution in [0, 0.1) is 0 Å². The van der Waals surface area contributed by atoms with Crippen molar-refractivity contribution in [3.05, 3.63) is 0 Å². The number of ether oxygens (including phenoxy) is 3. The average Bonchev–Trinajstić information content (AvgIpc) is 2.96. The van der Waals surface area contributed by atoms with E-state index in [4.69, 9.17) is 14.2 Å². The number of carbonyl (C=O) groups is 1. The van der Waals surface area contributed by atoms with Crippen LogP contribution in [0.15, 0.2) is 0 Å². The number of carbonyl (C=O) groups excluding carboxylic acids is 1. The fourth-order valence-corrected chi connectivity index (χ4v) is 3.69. The number of hydrogen-bond donors (Lipinski definition) is 1. The predicted octanol–water partition coefficient (Wildman–Crippen LogP) is 2.14. The highest BCUT2D eigenvalue weighted by Gasteiger charge is 2.40. The lowest BCUT2D eigenvalue weighted by Gasteiger charge is -2.35. The normalized spacial score (nSPS) is 27.0. The van der Waals surface area contributed by atoms with Gasteiger partial charge in [-0.2, -0.15) is 0 Å². The summed E-state index contributed by atoms with van der Waals surface area (Å²) in [6, 6.07) is 0.366. The maximum absolute atomic E-state index is 11.9. The molecule has 5 heteroatoms. The maximum atomic E-state index is 11.9. The van der Waals surface area contributed by atoms with Gasteiger partial charge in [0.2, 0.25) is 5.91 Å². The lowest BCUT2D eigenvalue weighted by molar-refractivity contribution is -0.191. The van der Waals surface area contributed by atoms with Gasteiger partial charge in [0.1, 0.15) is 6.61 Å². The Kier molecular flexibility index (Phi) is 5.14. The van der Waals surface area contributed by atoms with Gasteiger partial charge in [-0.1, -0.05) is 19.3 Å². The van der Waals surface area contributed by atoms with Gasteiger partial charge in [0.25, 0.3) is 0 Å². The van der Waals surface area contributed by atoms with Crippen LogP contribution in [0.25, 0.3) is 0 Å². The lowest BCUT2D eigenvalue weighted by Crippen LogP contribution is -2.41. The first kappa shape index (κ1) is 15.3. The predicted molar refractivity (Wildman–Crippen MR) is 77.9 cm³/mol. The Morgan fingerprint density at radius 1 is 1.05 bits per heavy atom. The molecule has 5 nitrogen and oxygen atoms in total. The van der Waals surface area contributed by atoms with Crippen LogP contribution in [-0.2, 0) is 19.0 Å². The highest BCUT2D eigenvalue weighted by molar-refractivity contribution is 5.77. The first-order valence-electron chi connectivity index (χ1n) is 8.45. The zero-order valence-electron chi connectivity index (χ0n) is 12.8. The van der Waals surface area contributed by atoms with E-state index in [1.54, 1.807) is 0 Å². The van der Waals surface area contributed by atoms with Crippen LogP contribution in [0.3, 0.4) is 0 Å². The Bertz CT molecular complexity index is 338. The van der Waals surface area contributed by atoms with Crippen LogP contribution in [0.5, 0.6) is 0 Å². The van der Waals surface area contributed by atoms with Gasteiger partial charge in [-0.15, -0.1) is 0 Å². The van der Waals surface area contributed by atoms with E-state index in [2.05, 4.69) is 5.32 Å². The molecule has 1 saturated heterocycles. The molecule has 0 aromatic carbocycles. The summed E-state index contributed by atoms with van der Waals surface area (Å²) in [6.45, 7) is 1.60. The molecule has 0 bridgehead atoms. The van der Waals surface area contributed by atoms with Gasteiger partial charge in [-0.3, -0.25) is 4.79 Å². The number of amides is 1. The van der Waals surface area contributed by atoms with E-state index in [9.17, 15) is 4.79 Å². The Morgan fingerprint density at radius 2 is 1.71 bits per heavy atom. The molecule has 3 fully saturated rings. The highest BCUT2D eigenvalue weighted by atomic mass is 16.7. The maximum Gasteiger partial charge on any atom is 0.246 e. The minimum atomic E-state index is -0.343. The molecular weight excluding hydrogens is 270 g/mol. The lowest BCUT2D eigenvalue weighted by atomic mass is 9.92. The Morgan fingerprint density at radius 3 is 2.38 bits per heavy atom. The largest absolute Gasteiger partial charge is 0.368 e. The molecule has 1 aliphatic heterocycles. The second-order valence-electron chi connectivity index (χ2n) is 6.52. The molecule has 0 aromatic heterocycles. The molecule has 0 unspecified atom stereocenters. The second kappa shape index (κ2) is 7.07. The zero-order chi connectivity index (χ0) is 14.5. The molecule has 1 spiro atoms. The van der Waals surface area contributed by atoms with Crippen molar-refractivity contribution in [2.24, 2.45) is 0 Å². The molecule has 3 aliphatic rings. The standard InChI is InChI=1S/C16H27NO4/c18-15(17-13-4-2-1-3-5-13)12-19-14-6-8-16(9-7-14)20-10-11-21-16/h13-14H,1-12H2,(H,17,18). The first-order valence-corrected chi connectivity index (χ1v) is 8.45. The smallest absolute Gasteiger partial charge is 0.246 e. The van der Waals surface area contributed by atoms with E-state index >= 15 is 0 Å². The van der Waals surface area contributed by atoms with Gasteiger partial charge in [-0.25, -0.2) is 0 Å². The monoisotopic (exact) mass is 297 g/mol. The summed E-state index contributed by atoms with van der Waals surface area (Å²) in [7, 11) is 0. The number of hydrogen-bond acceptors (Lipinski definition) is 4. The summed E-state index contributed by atoms with van der Waals surface area (Å²) in [5, 5.41) is 3.09. The fourth-order valence-electron chi connectivity index (χ4n) is 3.69. The van der Waals surface area contributed by atoms with Crippen LogP contribution >= 0.6 is 0 Å². The van der Waals surface area contributed by atoms with E-state index in [0.717, 1.165) is 38.5 Å². The van der Waals surface area contributed by atoms with Crippen LogP contribution in [0.1, 0.15) is 57.8 Å². The Labute approximate surface area is 126 Å². The van der Waals surface area contributed by atoms with Crippen molar-refractivity contribution in [2.45, 2.75) is 75.7 Å².